The van der Waals surface area contributed by atoms with Crippen molar-refractivity contribution in [2.75, 3.05) is 25.1 Å². The van der Waals surface area contributed by atoms with E-state index in [1.807, 2.05) is 55.6 Å². The molecule has 0 saturated carbocycles. The van der Waals surface area contributed by atoms with E-state index in [4.69, 9.17) is 4.74 Å². The number of carboxylic acids is 1. The number of aryl methyl sites for hydroxylation is 1. The molecule has 0 aliphatic carbocycles. The highest BCUT2D eigenvalue weighted by atomic mass is 32.2. The van der Waals surface area contributed by atoms with Gasteiger partial charge in [0.05, 0.1) is 12.7 Å². The number of nitrogens with zero attached hydrogens (tertiary/aromatic N) is 1. The van der Waals surface area contributed by atoms with E-state index < -0.39 is 12.0 Å². The zero-order chi connectivity index (χ0) is 26.9. The normalized spacial score (nSPS) is 16.3. The van der Waals surface area contributed by atoms with Crippen LogP contribution in [0.4, 0.5) is 0 Å². The minimum absolute atomic E-state index is 0.163. The number of thioether (sulfide) groups is 1. The monoisotopic (exact) mass is 532 g/mol. The summed E-state index contributed by atoms with van der Waals surface area (Å²) in [6, 6.07) is 23.2. The first-order valence-electron chi connectivity index (χ1n) is 13.0. The number of likely N-dealkylation sites (tertiary alicyclic amines) is 1. The Balaban J connectivity index is 1.47. The molecule has 38 heavy (non-hydrogen) atoms. The molecule has 2 atom stereocenters. The molecular weight excluding hydrogens is 496 g/mol. The van der Waals surface area contributed by atoms with Gasteiger partial charge in [0.25, 0.3) is 5.91 Å². The average Bonchev–Trinajstić information content (AvgIpc) is 3.37. The Hall–Kier alpha value is -3.13. The van der Waals surface area contributed by atoms with Crippen molar-refractivity contribution in [3.05, 3.63) is 95.1 Å². The van der Waals surface area contributed by atoms with E-state index in [9.17, 15) is 14.7 Å². The minimum atomic E-state index is -1.02. The molecule has 200 valence electrons. The number of nitrogens with one attached hydrogen (secondary N) is 1. The Morgan fingerprint density at radius 1 is 1.05 bits per heavy atom. The maximum atomic E-state index is 13.3. The van der Waals surface area contributed by atoms with E-state index in [-0.39, 0.29) is 12.0 Å². The highest BCUT2D eigenvalue weighted by Crippen LogP contribution is 2.29. The van der Waals surface area contributed by atoms with Crippen molar-refractivity contribution < 1.29 is 19.4 Å². The molecule has 0 bridgehead atoms. The number of hydrogen-bond acceptors (Lipinski definition) is 5. The lowest BCUT2D eigenvalue weighted by Crippen LogP contribution is -2.41. The number of benzene rings is 3. The van der Waals surface area contributed by atoms with Crippen molar-refractivity contribution in [1.82, 2.24) is 10.2 Å². The summed E-state index contributed by atoms with van der Waals surface area (Å²) in [6.07, 6.45) is 3.45. The van der Waals surface area contributed by atoms with Crippen LogP contribution >= 0.6 is 11.8 Å². The number of amides is 1. The van der Waals surface area contributed by atoms with Crippen LogP contribution in [-0.2, 0) is 22.7 Å². The van der Waals surface area contributed by atoms with E-state index in [0.29, 0.717) is 24.3 Å². The van der Waals surface area contributed by atoms with Gasteiger partial charge in [0, 0.05) is 25.2 Å². The van der Waals surface area contributed by atoms with Gasteiger partial charge in [-0.3, -0.25) is 9.69 Å². The molecule has 1 aliphatic rings. The lowest BCUT2D eigenvalue weighted by molar-refractivity contribution is -0.139. The van der Waals surface area contributed by atoms with Crippen molar-refractivity contribution in [3.63, 3.8) is 0 Å². The summed E-state index contributed by atoms with van der Waals surface area (Å²) in [5.74, 6) is -0.744. The summed E-state index contributed by atoms with van der Waals surface area (Å²) in [5.41, 5.74) is 5.54. The fourth-order valence-electron chi connectivity index (χ4n) is 4.84. The quantitative estimate of drug-likeness (QED) is 0.326. The van der Waals surface area contributed by atoms with Crippen molar-refractivity contribution in [2.24, 2.45) is 0 Å². The molecule has 1 saturated heterocycles. The number of carbonyl (C=O) groups excluding carboxylic acids is 1. The topological polar surface area (TPSA) is 78.9 Å². The molecule has 0 spiro atoms. The first-order valence-corrected chi connectivity index (χ1v) is 14.4. The van der Waals surface area contributed by atoms with Crippen molar-refractivity contribution >= 4 is 23.6 Å². The molecule has 3 aromatic rings. The summed E-state index contributed by atoms with van der Waals surface area (Å²) in [5, 5.41) is 12.3. The first-order chi connectivity index (χ1) is 18.4. The molecule has 0 radical (unpaired) electrons. The molecule has 6 nitrogen and oxygen atoms in total. The Labute approximate surface area is 229 Å². The van der Waals surface area contributed by atoms with Gasteiger partial charge >= 0.3 is 5.97 Å². The molecule has 2 N–H and O–H groups in total. The molecule has 1 amide bonds. The third-order valence-corrected chi connectivity index (χ3v) is 7.59. The highest BCUT2D eigenvalue weighted by Gasteiger charge is 2.25. The highest BCUT2D eigenvalue weighted by molar-refractivity contribution is 7.98. The van der Waals surface area contributed by atoms with E-state index in [2.05, 4.69) is 34.5 Å². The summed E-state index contributed by atoms with van der Waals surface area (Å²) < 4.78 is 6.30. The molecule has 3 aromatic carbocycles. The fraction of sp³-hybridized carbons (Fsp3) is 0.355. The lowest BCUT2D eigenvalue weighted by atomic mass is 9.93. The molecule has 4 rings (SSSR count). The largest absolute Gasteiger partial charge is 0.480 e. The van der Waals surface area contributed by atoms with Gasteiger partial charge in [-0.05, 0) is 71.7 Å². The zero-order valence-electron chi connectivity index (χ0n) is 22.1. The summed E-state index contributed by atoms with van der Waals surface area (Å²) in [4.78, 5) is 27.4. The van der Waals surface area contributed by atoms with Crippen LogP contribution in [0.25, 0.3) is 11.1 Å². The van der Waals surface area contributed by atoms with Crippen LogP contribution in [0, 0.1) is 6.92 Å². The number of rotatable bonds is 12. The van der Waals surface area contributed by atoms with Crippen LogP contribution < -0.4 is 5.32 Å². The van der Waals surface area contributed by atoms with E-state index in [1.54, 1.807) is 17.8 Å². The van der Waals surface area contributed by atoms with Gasteiger partial charge in [-0.15, -0.1) is 0 Å². The Bertz CT molecular complexity index is 1230. The summed E-state index contributed by atoms with van der Waals surface area (Å²) in [6.45, 7) is 5.30. The standard InChI is InChI=1S/C31H36N2O4S/c1-22-8-6-7-11-26(22)28-18-24(12-13-27(28)30(34)32-29(31(35)36)15-17-38-2)21-37-25-14-16-33(20-25)19-23-9-4-3-5-10-23/h3-13,18,25,29H,14-17,19-21H2,1-2H3,(H,32,34)(H,35,36)/t25?,29-/m0/s1. The number of carboxylic acid groups (broad SMARTS) is 1. The Kier molecular flexibility index (Phi) is 9.98. The van der Waals surface area contributed by atoms with Gasteiger partial charge in [0.15, 0.2) is 0 Å². The molecule has 1 unspecified atom stereocenters. The van der Waals surface area contributed by atoms with Crippen molar-refractivity contribution in [3.8, 4) is 11.1 Å². The lowest BCUT2D eigenvalue weighted by Gasteiger charge is -2.19. The second-order valence-corrected chi connectivity index (χ2v) is 10.8. The van der Waals surface area contributed by atoms with Crippen molar-refractivity contribution in [2.45, 2.75) is 45.1 Å². The number of aliphatic carboxylic acids is 1. The number of hydrogen-bond donors (Lipinski definition) is 2. The van der Waals surface area contributed by atoms with Gasteiger partial charge < -0.3 is 15.2 Å². The van der Waals surface area contributed by atoms with Crippen LogP contribution in [0.15, 0.2) is 72.8 Å². The minimum Gasteiger partial charge on any atom is -0.480 e. The SMILES string of the molecule is CSCC[C@H](NC(=O)c1ccc(COC2CCN(Cc3ccccc3)C2)cc1-c1ccccc1C)C(=O)O. The van der Waals surface area contributed by atoms with Crippen molar-refractivity contribution in [1.29, 1.82) is 0 Å². The Morgan fingerprint density at radius 2 is 1.82 bits per heavy atom. The third-order valence-electron chi connectivity index (χ3n) is 6.94. The van der Waals surface area contributed by atoms with Gasteiger partial charge in [0.2, 0.25) is 0 Å². The summed E-state index contributed by atoms with van der Waals surface area (Å²) >= 11 is 1.56. The number of carbonyl (C=O) groups is 2. The van der Waals surface area contributed by atoms with E-state index >= 15 is 0 Å². The molecule has 7 heteroatoms. The second kappa shape index (κ2) is 13.6. The molecule has 1 fully saturated rings. The molecule has 1 heterocycles. The molecule has 1 aliphatic heterocycles. The van der Waals surface area contributed by atoms with Crippen LogP contribution in [0.3, 0.4) is 0 Å². The van der Waals surface area contributed by atoms with Gasteiger partial charge in [-0.2, -0.15) is 11.8 Å². The van der Waals surface area contributed by atoms with Crippen LogP contribution in [0.2, 0.25) is 0 Å². The van der Waals surface area contributed by atoms with Gasteiger partial charge in [-0.1, -0.05) is 60.7 Å². The smallest absolute Gasteiger partial charge is 0.326 e. The third kappa shape index (κ3) is 7.47. The number of ether oxygens (including phenoxy) is 1. The summed E-state index contributed by atoms with van der Waals surface area (Å²) in [7, 11) is 0. The van der Waals surface area contributed by atoms with Gasteiger partial charge in [0.1, 0.15) is 6.04 Å². The van der Waals surface area contributed by atoms with Crippen LogP contribution in [0.5, 0.6) is 0 Å². The fourth-order valence-corrected chi connectivity index (χ4v) is 5.31. The maximum absolute atomic E-state index is 13.3. The second-order valence-electron chi connectivity index (χ2n) is 9.78. The first kappa shape index (κ1) is 27.9. The maximum Gasteiger partial charge on any atom is 0.326 e. The Morgan fingerprint density at radius 3 is 2.55 bits per heavy atom. The predicted molar refractivity (Wildman–Crippen MR) is 153 cm³/mol. The van der Waals surface area contributed by atoms with E-state index in [0.717, 1.165) is 48.3 Å². The van der Waals surface area contributed by atoms with Gasteiger partial charge in [-0.25, -0.2) is 4.79 Å². The molecular formula is C31H36N2O4S. The van der Waals surface area contributed by atoms with Crippen LogP contribution in [-0.4, -0.2) is 59.1 Å². The average molecular weight is 533 g/mol. The predicted octanol–water partition coefficient (Wildman–Crippen LogP) is 5.39. The zero-order valence-corrected chi connectivity index (χ0v) is 22.9. The molecule has 0 aromatic heterocycles. The van der Waals surface area contributed by atoms with E-state index in [1.165, 1.54) is 5.56 Å². The van der Waals surface area contributed by atoms with Crippen LogP contribution in [0.1, 0.15) is 39.9 Å².